The van der Waals surface area contributed by atoms with Crippen molar-refractivity contribution in [1.29, 1.82) is 0 Å². The van der Waals surface area contributed by atoms with Crippen LogP contribution in [0.4, 0.5) is 0 Å². The van der Waals surface area contributed by atoms with Gasteiger partial charge < -0.3 is 9.47 Å². The first-order valence-electron chi connectivity index (χ1n) is 8.45. The molecule has 22 heavy (non-hydrogen) atoms. The lowest BCUT2D eigenvalue weighted by Crippen LogP contribution is -2.29. The van der Waals surface area contributed by atoms with E-state index in [1.165, 1.54) is 38.0 Å². The zero-order valence-corrected chi connectivity index (χ0v) is 15.6. The number of hydrogen-bond acceptors (Lipinski definition) is 2. The molecule has 0 bridgehead atoms. The lowest BCUT2D eigenvalue weighted by atomic mass is 10.3. The molecule has 2 aliphatic rings. The van der Waals surface area contributed by atoms with Crippen molar-refractivity contribution in [1.82, 2.24) is 0 Å². The lowest BCUT2D eigenvalue weighted by molar-refractivity contribution is 0.197. The molecule has 1 aromatic carbocycles. The third-order valence-electron chi connectivity index (χ3n) is 4.97. The first-order chi connectivity index (χ1) is 10.8. The lowest BCUT2D eigenvalue weighted by Gasteiger charge is -2.27. The van der Waals surface area contributed by atoms with Crippen molar-refractivity contribution in [2.24, 2.45) is 0 Å². The zero-order chi connectivity index (χ0) is 15.4. The summed E-state index contributed by atoms with van der Waals surface area (Å²) in [5, 5.41) is 3.40. The number of ether oxygens (including phenoxy) is 2. The Labute approximate surface area is 137 Å². The molecule has 0 amide bonds. The Kier molecular flexibility index (Phi) is 6.28. The molecular formula is C18H28O2P2. The van der Waals surface area contributed by atoms with Crippen molar-refractivity contribution in [2.45, 2.75) is 37.0 Å². The average molecular weight is 338 g/mol. The highest BCUT2D eigenvalue weighted by molar-refractivity contribution is 7.73. The van der Waals surface area contributed by atoms with E-state index in [1.807, 2.05) is 14.2 Å². The molecule has 1 aromatic rings. The van der Waals surface area contributed by atoms with Crippen LogP contribution in [0.25, 0.3) is 0 Å². The Bertz CT molecular complexity index is 437. The number of benzene rings is 1. The van der Waals surface area contributed by atoms with Crippen LogP contribution in [0.5, 0.6) is 0 Å². The second-order valence-electron chi connectivity index (χ2n) is 6.38. The number of methoxy groups -OCH3 is 2. The first kappa shape index (κ1) is 16.8. The molecule has 0 N–H and O–H groups in total. The van der Waals surface area contributed by atoms with Crippen molar-refractivity contribution in [3.8, 4) is 0 Å². The van der Waals surface area contributed by atoms with Crippen molar-refractivity contribution in [2.75, 3.05) is 39.8 Å². The van der Waals surface area contributed by atoms with Crippen molar-refractivity contribution in [3.05, 3.63) is 24.3 Å². The largest absolute Gasteiger partial charge is 0.384 e. The molecule has 3 rings (SSSR count). The molecule has 0 aromatic heterocycles. The summed E-state index contributed by atoms with van der Waals surface area (Å²) in [6.45, 7) is 1.89. The van der Waals surface area contributed by atoms with Crippen LogP contribution in [0.15, 0.2) is 24.3 Å². The van der Waals surface area contributed by atoms with Crippen LogP contribution in [0.3, 0.4) is 0 Å². The van der Waals surface area contributed by atoms with Gasteiger partial charge in [-0.2, -0.15) is 0 Å². The highest BCUT2D eigenvalue weighted by Crippen LogP contribution is 2.53. The average Bonchev–Trinajstić information content (AvgIpc) is 3.17. The van der Waals surface area contributed by atoms with E-state index < -0.39 is 0 Å². The zero-order valence-electron chi connectivity index (χ0n) is 13.8. The van der Waals surface area contributed by atoms with Gasteiger partial charge in [0, 0.05) is 25.5 Å². The molecular weight excluding hydrogens is 310 g/mol. The Morgan fingerprint density at radius 2 is 1.32 bits per heavy atom. The Morgan fingerprint density at radius 3 is 1.73 bits per heavy atom. The Hall–Kier alpha value is -0.0000000000000000208. The van der Waals surface area contributed by atoms with Crippen LogP contribution in [0, 0.1) is 0 Å². The van der Waals surface area contributed by atoms with Gasteiger partial charge in [-0.3, -0.25) is 0 Å². The van der Waals surface area contributed by atoms with Crippen LogP contribution >= 0.6 is 15.8 Å². The summed E-state index contributed by atoms with van der Waals surface area (Å²) >= 11 is 0. The highest BCUT2D eigenvalue weighted by atomic mass is 31.1. The van der Waals surface area contributed by atoms with Crippen LogP contribution in [-0.2, 0) is 9.47 Å². The van der Waals surface area contributed by atoms with Gasteiger partial charge in [0.15, 0.2) is 0 Å². The summed E-state index contributed by atoms with van der Waals surface area (Å²) in [5.74, 6) is 0. The minimum absolute atomic E-state index is 0.0244. The SMILES string of the molecule is COC[C@H]1CCCP1c1ccccc1P1CCC[C@@H]1COC. The molecule has 2 heterocycles. The van der Waals surface area contributed by atoms with Crippen molar-refractivity contribution >= 4 is 26.5 Å². The summed E-state index contributed by atoms with van der Waals surface area (Å²) in [7, 11) is 3.66. The fraction of sp³-hybridized carbons (Fsp3) is 0.667. The van der Waals surface area contributed by atoms with E-state index in [0.717, 1.165) is 24.5 Å². The van der Waals surface area contributed by atoms with Gasteiger partial charge in [-0.15, -0.1) is 0 Å². The van der Waals surface area contributed by atoms with Gasteiger partial charge in [0.1, 0.15) is 0 Å². The van der Waals surface area contributed by atoms with Gasteiger partial charge in [-0.25, -0.2) is 0 Å². The van der Waals surface area contributed by atoms with E-state index in [4.69, 9.17) is 9.47 Å². The Morgan fingerprint density at radius 1 is 0.864 bits per heavy atom. The van der Waals surface area contributed by atoms with Gasteiger partial charge >= 0.3 is 0 Å². The normalized spacial score (nSPS) is 31.7. The Balaban J connectivity index is 1.86. The molecule has 0 radical (unpaired) electrons. The smallest absolute Gasteiger partial charge is 0.0532 e. The van der Waals surface area contributed by atoms with Gasteiger partial charge in [-0.1, -0.05) is 40.1 Å². The topological polar surface area (TPSA) is 18.5 Å². The van der Waals surface area contributed by atoms with E-state index >= 15 is 0 Å². The minimum Gasteiger partial charge on any atom is -0.384 e. The molecule has 0 saturated carbocycles. The molecule has 4 atom stereocenters. The van der Waals surface area contributed by atoms with E-state index in [-0.39, 0.29) is 15.8 Å². The van der Waals surface area contributed by atoms with Crippen LogP contribution in [-0.4, -0.2) is 51.1 Å². The maximum atomic E-state index is 5.50. The van der Waals surface area contributed by atoms with E-state index in [9.17, 15) is 0 Å². The van der Waals surface area contributed by atoms with Crippen molar-refractivity contribution < 1.29 is 9.47 Å². The highest BCUT2D eigenvalue weighted by Gasteiger charge is 2.34. The van der Waals surface area contributed by atoms with Gasteiger partial charge in [0.2, 0.25) is 0 Å². The summed E-state index contributed by atoms with van der Waals surface area (Å²) in [6, 6.07) is 9.36. The van der Waals surface area contributed by atoms with Gasteiger partial charge in [0.25, 0.3) is 0 Å². The van der Waals surface area contributed by atoms with E-state index in [1.54, 1.807) is 10.6 Å². The maximum absolute atomic E-state index is 5.50. The van der Waals surface area contributed by atoms with Gasteiger partial charge in [-0.05, 0) is 48.6 Å². The molecule has 2 saturated heterocycles. The predicted octanol–water partition coefficient (Wildman–Crippen LogP) is 3.52. The van der Waals surface area contributed by atoms with Crippen molar-refractivity contribution in [3.63, 3.8) is 0 Å². The van der Waals surface area contributed by atoms with Crippen LogP contribution in [0.2, 0.25) is 0 Å². The standard InChI is InChI=1S/C18H28O2P2/c1-19-13-15-7-5-11-21(15)17-9-3-4-10-18(17)22-12-6-8-16(22)14-20-2/h3-4,9-10,15-16H,5-8,11-14H2,1-2H3/t15-,16-,21?,22?/m1/s1. The third-order valence-corrected chi connectivity index (χ3v) is 11.3. The molecule has 2 nitrogen and oxygen atoms in total. The third kappa shape index (κ3) is 3.57. The second kappa shape index (κ2) is 8.20. The summed E-state index contributed by atoms with van der Waals surface area (Å²) in [4.78, 5) is 0. The monoisotopic (exact) mass is 338 g/mol. The molecule has 0 spiro atoms. The summed E-state index contributed by atoms with van der Waals surface area (Å²) in [6.07, 6.45) is 8.28. The van der Waals surface area contributed by atoms with Crippen LogP contribution < -0.4 is 10.6 Å². The maximum Gasteiger partial charge on any atom is 0.0532 e. The summed E-state index contributed by atoms with van der Waals surface area (Å²) < 4.78 is 11.0. The first-order valence-corrected chi connectivity index (χ1v) is 11.6. The number of hydrogen-bond donors (Lipinski definition) is 0. The minimum atomic E-state index is -0.0244. The van der Waals surface area contributed by atoms with Crippen LogP contribution in [0.1, 0.15) is 25.7 Å². The quantitative estimate of drug-likeness (QED) is 0.739. The second-order valence-corrected chi connectivity index (χ2v) is 11.6. The molecule has 122 valence electrons. The molecule has 4 heteroatoms. The van der Waals surface area contributed by atoms with Gasteiger partial charge in [0.05, 0.1) is 13.2 Å². The fourth-order valence-electron chi connectivity index (χ4n) is 3.99. The molecule has 2 aliphatic heterocycles. The number of rotatable bonds is 6. The van der Waals surface area contributed by atoms with E-state index in [2.05, 4.69) is 24.3 Å². The molecule has 2 unspecified atom stereocenters. The molecule has 2 fully saturated rings. The van der Waals surface area contributed by atoms with E-state index in [0.29, 0.717) is 0 Å². The fourth-order valence-corrected chi connectivity index (χ4v) is 10.7. The summed E-state index contributed by atoms with van der Waals surface area (Å²) in [5.41, 5.74) is 1.55. The molecule has 0 aliphatic carbocycles. The predicted molar refractivity (Wildman–Crippen MR) is 99.1 cm³/mol.